The van der Waals surface area contributed by atoms with Crippen LogP contribution in [0.25, 0.3) is 0 Å². The smallest absolute Gasteiger partial charge is 0.394 e. The van der Waals surface area contributed by atoms with Crippen molar-refractivity contribution >= 4 is 21.8 Å². The van der Waals surface area contributed by atoms with Gasteiger partial charge in [0.2, 0.25) is 0 Å². The van der Waals surface area contributed by atoms with Gasteiger partial charge < -0.3 is 5.73 Å². The second-order valence-electron chi connectivity index (χ2n) is 2.75. The number of anilines is 1. The maximum absolute atomic E-state index is 10.2. The fraction of sp³-hybridized carbons (Fsp3) is 0.143. The molecule has 1 aromatic rings. The van der Waals surface area contributed by atoms with Gasteiger partial charge in [-0.2, -0.15) is 8.42 Å². The zero-order valence-electron chi connectivity index (χ0n) is 8.19. The minimum atomic E-state index is -4.67. The van der Waals surface area contributed by atoms with Crippen molar-refractivity contribution in [3.63, 3.8) is 0 Å². The number of aryl methyl sites for hydroxylation is 1. The third-order valence-corrected chi connectivity index (χ3v) is 1.47. The van der Waals surface area contributed by atoms with Gasteiger partial charge in [0.15, 0.2) is 0 Å². The Bertz CT molecular complexity index is 476. The van der Waals surface area contributed by atoms with Crippen LogP contribution >= 0.6 is 0 Å². The van der Waals surface area contributed by atoms with Crippen LogP contribution < -0.4 is 5.73 Å². The first-order valence-electron chi connectivity index (χ1n) is 3.81. The number of rotatable bonds is 1. The summed E-state index contributed by atoms with van der Waals surface area (Å²) >= 11 is 0. The summed E-state index contributed by atoms with van der Waals surface area (Å²) in [5.74, 6) is 0. The predicted octanol–water partition coefficient (Wildman–Crippen LogP) is 0.833. The van der Waals surface area contributed by atoms with Crippen molar-refractivity contribution in [2.75, 3.05) is 5.73 Å². The summed E-state index contributed by atoms with van der Waals surface area (Å²) in [6, 6.07) is 4.43. The Labute approximate surface area is 91.4 Å². The van der Waals surface area contributed by atoms with Crippen molar-refractivity contribution in [3.05, 3.63) is 33.9 Å². The Hall–Kier alpha value is -1.71. The van der Waals surface area contributed by atoms with E-state index in [1.54, 1.807) is 13.0 Å². The molecule has 0 unspecified atom stereocenters. The highest BCUT2D eigenvalue weighted by Crippen LogP contribution is 2.18. The number of hydrogen-bond donors (Lipinski definition) is 3. The average Bonchev–Trinajstić information content (AvgIpc) is 2.06. The number of nitrogens with two attached hydrogens (primary N) is 1. The number of nitrogen functional groups attached to an aromatic ring is 1. The molecule has 0 heterocycles. The lowest BCUT2D eigenvalue weighted by molar-refractivity contribution is -0.384. The third-order valence-electron chi connectivity index (χ3n) is 1.47. The summed E-state index contributed by atoms with van der Waals surface area (Å²) < 4.78 is 31.6. The van der Waals surface area contributed by atoms with Crippen LogP contribution in [-0.4, -0.2) is 22.4 Å². The molecule has 0 saturated carbocycles. The van der Waals surface area contributed by atoms with Gasteiger partial charge in [-0.05, 0) is 12.5 Å². The van der Waals surface area contributed by atoms with Gasteiger partial charge in [0.25, 0.3) is 5.69 Å². The van der Waals surface area contributed by atoms with Gasteiger partial charge in [-0.3, -0.25) is 19.2 Å². The number of nitro groups is 1. The molecule has 4 N–H and O–H groups in total. The largest absolute Gasteiger partial charge is 0.398 e. The molecule has 0 atom stereocenters. The fourth-order valence-corrected chi connectivity index (χ4v) is 0.741. The number of nitrogens with zero attached hydrogens (tertiary/aromatic N) is 1. The molecule has 1 rings (SSSR count). The van der Waals surface area contributed by atoms with Crippen LogP contribution in [0.5, 0.6) is 0 Å². The van der Waals surface area contributed by atoms with E-state index in [1.807, 2.05) is 0 Å². The molecular weight excluding hydrogens is 240 g/mol. The molecule has 90 valence electrons. The van der Waals surface area contributed by atoms with Crippen LogP contribution in [0.4, 0.5) is 11.4 Å². The summed E-state index contributed by atoms with van der Waals surface area (Å²) in [6.45, 7) is 1.80. The molecular formula is C7H10N2O6S. The van der Waals surface area contributed by atoms with E-state index >= 15 is 0 Å². The Balaban J connectivity index is 0.000000385. The molecule has 9 heteroatoms. The van der Waals surface area contributed by atoms with Crippen LogP contribution in [0.15, 0.2) is 18.2 Å². The highest BCUT2D eigenvalue weighted by molar-refractivity contribution is 7.79. The SMILES string of the molecule is Cc1ccc([N+](=O)[O-])cc1N.O=S(=O)(O)O. The normalized spacial score (nSPS) is 10.2. The zero-order valence-corrected chi connectivity index (χ0v) is 9.01. The van der Waals surface area contributed by atoms with E-state index in [9.17, 15) is 10.1 Å². The lowest BCUT2D eigenvalue weighted by Crippen LogP contribution is -1.92. The van der Waals surface area contributed by atoms with E-state index in [0.29, 0.717) is 5.69 Å². The number of nitro benzene ring substituents is 1. The second-order valence-corrected chi connectivity index (χ2v) is 3.64. The summed E-state index contributed by atoms with van der Waals surface area (Å²) in [5, 5.41) is 10.2. The van der Waals surface area contributed by atoms with E-state index in [0.717, 1.165) is 5.56 Å². The first kappa shape index (κ1) is 14.3. The van der Waals surface area contributed by atoms with Gasteiger partial charge in [0.05, 0.1) is 4.92 Å². The van der Waals surface area contributed by atoms with E-state index in [-0.39, 0.29) is 5.69 Å². The van der Waals surface area contributed by atoms with E-state index < -0.39 is 15.3 Å². The van der Waals surface area contributed by atoms with Crippen LogP contribution in [0.1, 0.15) is 5.56 Å². The second kappa shape index (κ2) is 5.39. The van der Waals surface area contributed by atoms with Crippen LogP contribution in [0.2, 0.25) is 0 Å². The summed E-state index contributed by atoms with van der Waals surface area (Å²) in [7, 11) is -4.67. The number of hydrogen-bond acceptors (Lipinski definition) is 5. The Morgan fingerprint density at radius 2 is 1.81 bits per heavy atom. The summed E-state index contributed by atoms with van der Waals surface area (Å²) in [6.07, 6.45) is 0. The third kappa shape index (κ3) is 6.70. The zero-order chi connectivity index (χ0) is 12.9. The molecule has 0 aromatic heterocycles. The van der Waals surface area contributed by atoms with Crippen LogP contribution in [0, 0.1) is 17.0 Å². The van der Waals surface area contributed by atoms with E-state index in [2.05, 4.69) is 0 Å². The molecule has 1 aromatic carbocycles. The molecule has 16 heavy (non-hydrogen) atoms. The maximum Gasteiger partial charge on any atom is 0.394 e. The van der Waals surface area contributed by atoms with Crippen LogP contribution in [0.3, 0.4) is 0 Å². The van der Waals surface area contributed by atoms with Crippen molar-refractivity contribution in [1.29, 1.82) is 0 Å². The summed E-state index contributed by atoms with van der Waals surface area (Å²) in [5.41, 5.74) is 6.80. The van der Waals surface area contributed by atoms with Crippen molar-refractivity contribution in [2.45, 2.75) is 6.92 Å². The predicted molar refractivity (Wildman–Crippen MR) is 56.4 cm³/mol. The van der Waals surface area contributed by atoms with Crippen molar-refractivity contribution in [1.82, 2.24) is 0 Å². The van der Waals surface area contributed by atoms with Gasteiger partial charge in [-0.15, -0.1) is 0 Å². The van der Waals surface area contributed by atoms with E-state index in [1.165, 1.54) is 12.1 Å². The first-order chi connectivity index (χ1) is 7.11. The molecule has 0 spiro atoms. The monoisotopic (exact) mass is 250 g/mol. The lowest BCUT2D eigenvalue weighted by atomic mass is 10.2. The molecule has 0 bridgehead atoms. The molecule has 0 aliphatic carbocycles. The molecule has 8 nitrogen and oxygen atoms in total. The van der Waals surface area contributed by atoms with Gasteiger partial charge in [0.1, 0.15) is 0 Å². The van der Waals surface area contributed by atoms with Gasteiger partial charge in [-0.25, -0.2) is 0 Å². The standard InChI is InChI=1S/C7H8N2O2.H2O4S/c1-5-2-3-6(9(10)11)4-7(5)8;1-5(2,3)4/h2-4H,8H2,1H3;(H2,1,2,3,4). The number of benzene rings is 1. The summed E-state index contributed by atoms with van der Waals surface area (Å²) in [4.78, 5) is 9.75. The Morgan fingerprint density at radius 3 is 2.12 bits per heavy atom. The highest BCUT2D eigenvalue weighted by atomic mass is 32.3. The quantitative estimate of drug-likeness (QED) is 0.290. The average molecular weight is 250 g/mol. The van der Waals surface area contributed by atoms with Crippen molar-refractivity contribution < 1.29 is 22.4 Å². The van der Waals surface area contributed by atoms with Crippen molar-refractivity contribution in [2.24, 2.45) is 0 Å². The first-order valence-corrected chi connectivity index (χ1v) is 5.21. The molecule has 0 aliphatic heterocycles. The minimum absolute atomic E-state index is 0.0353. The fourth-order valence-electron chi connectivity index (χ4n) is 0.741. The molecule has 0 aliphatic rings. The van der Waals surface area contributed by atoms with E-state index in [4.69, 9.17) is 23.3 Å². The molecule has 0 fully saturated rings. The molecule has 0 saturated heterocycles. The lowest BCUT2D eigenvalue weighted by Gasteiger charge is -1.97. The van der Waals surface area contributed by atoms with Crippen molar-refractivity contribution in [3.8, 4) is 0 Å². The van der Waals surface area contributed by atoms with Gasteiger partial charge in [0, 0.05) is 17.8 Å². The Morgan fingerprint density at radius 1 is 1.38 bits per heavy atom. The van der Waals surface area contributed by atoms with Gasteiger partial charge >= 0.3 is 10.4 Å². The van der Waals surface area contributed by atoms with Crippen LogP contribution in [-0.2, 0) is 10.4 Å². The Kier molecular flexibility index (Phi) is 4.82. The maximum atomic E-state index is 10.2. The minimum Gasteiger partial charge on any atom is -0.398 e. The topological polar surface area (TPSA) is 144 Å². The number of non-ortho nitro benzene ring substituents is 1. The molecule has 0 amide bonds. The van der Waals surface area contributed by atoms with Gasteiger partial charge in [-0.1, -0.05) is 6.07 Å². The highest BCUT2D eigenvalue weighted by Gasteiger charge is 2.05. The molecule has 0 radical (unpaired) electrons.